The van der Waals surface area contributed by atoms with E-state index in [0.717, 1.165) is 21.8 Å². The van der Waals surface area contributed by atoms with Crippen LogP contribution in [-0.2, 0) is 16.0 Å². The molecule has 30 heavy (non-hydrogen) atoms. The third kappa shape index (κ3) is 4.40. The van der Waals surface area contributed by atoms with Crippen molar-refractivity contribution >= 4 is 50.3 Å². The average Bonchev–Trinajstić information content (AvgIpc) is 2.97. The molecule has 0 aliphatic carbocycles. The highest BCUT2D eigenvalue weighted by molar-refractivity contribution is 9.10. The summed E-state index contributed by atoms with van der Waals surface area (Å²) in [5, 5.41) is 1.13. The predicted octanol–water partition coefficient (Wildman–Crippen LogP) is 5.95. The highest BCUT2D eigenvalue weighted by atomic mass is 79.9. The Hall–Kier alpha value is -2.31. The molecule has 0 bridgehead atoms. The van der Waals surface area contributed by atoms with Crippen molar-refractivity contribution in [3.63, 3.8) is 0 Å². The van der Waals surface area contributed by atoms with Gasteiger partial charge < -0.3 is 9.47 Å². The molecule has 5 nitrogen and oxygen atoms in total. The fourth-order valence-corrected chi connectivity index (χ4v) is 3.84. The first kappa shape index (κ1) is 22.4. The lowest BCUT2D eigenvalue weighted by Gasteiger charge is -2.11. The van der Waals surface area contributed by atoms with Crippen LogP contribution in [0, 0.1) is 6.92 Å². The van der Waals surface area contributed by atoms with Crippen LogP contribution in [0.4, 0.5) is 0 Å². The number of methoxy groups -OCH3 is 1. The molecule has 0 saturated heterocycles. The van der Waals surface area contributed by atoms with Gasteiger partial charge in [-0.2, -0.15) is 0 Å². The van der Waals surface area contributed by atoms with E-state index in [0.29, 0.717) is 27.5 Å². The van der Waals surface area contributed by atoms with Gasteiger partial charge in [-0.25, -0.2) is 0 Å². The van der Waals surface area contributed by atoms with Crippen molar-refractivity contribution in [1.29, 1.82) is 0 Å². The Labute approximate surface area is 189 Å². The molecule has 0 spiro atoms. The molecular formula is C23H23BrClNO4. The van der Waals surface area contributed by atoms with Gasteiger partial charge in [0.2, 0.25) is 0 Å². The second-order valence-corrected chi connectivity index (χ2v) is 8.42. The Morgan fingerprint density at radius 1 is 1.20 bits per heavy atom. The Bertz CT molecular complexity index is 1100. The summed E-state index contributed by atoms with van der Waals surface area (Å²) in [5.74, 6) is -0.0572. The second-order valence-electron chi connectivity index (χ2n) is 7.10. The maximum Gasteiger partial charge on any atom is 0.310 e. The molecule has 0 aliphatic heterocycles. The number of nitrogens with zero attached hydrogens (tertiary/aromatic N) is 1. The zero-order chi connectivity index (χ0) is 22.0. The molecule has 1 heterocycles. The molecule has 0 N–H and O–H groups in total. The van der Waals surface area contributed by atoms with Crippen LogP contribution in [0.3, 0.4) is 0 Å². The number of carbonyl (C=O) groups is 2. The minimum absolute atomic E-state index is 0.0536. The van der Waals surface area contributed by atoms with E-state index in [1.165, 1.54) is 7.11 Å². The summed E-state index contributed by atoms with van der Waals surface area (Å²) in [5.41, 5.74) is 2.54. The molecule has 1 aromatic heterocycles. The van der Waals surface area contributed by atoms with E-state index in [2.05, 4.69) is 15.9 Å². The van der Waals surface area contributed by atoms with Crippen LogP contribution in [0.25, 0.3) is 10.9 Å². The molecule has 3 rings (SSSR count). The summed E-state index contributed by atoms with van der Waals surface area (Å²) in [6, 6.07) is 10.6. The first-order valence-corrected chi connectivity index (χ1v) is 10.8. The molecule has 0 amide bonds. The number of fused-ring (bicyclic) bond motifs is 1. The zero-order valence-corrected chi connectivity index (χ0v) is 19.6. The van der Waals surface area contributed by atoms with Crippen LogP contribution in [0.15, 0.2) is 40.9 Å². The van der Waals surface area contributed by atoms with Crippen molar-refractivity contribution in [3.8, 4) is 5.75 Å². The average molecular weight is 493 g/mol. The van der Waals surface area contributed by atoms with Gasteiger partial charge in [0, 0.05) is 21.1 Å². The summed E-state index contributed by atoms with van der Waals surface area (Å²) >= 11 is 9.74. The van der Waals surface area contributed by atoms with Gasteiger partial charge in [-0.1, -0.05) is 34.5 Å². The van der Waals surface area contributed by atoms with Gasteiger partial charge in [0.1, 0.15) is 5.75 Å². The minimum atomic E-state index is -0.337. The third-order valence-electron chi connectivity index (χ3n) is 5.13. The molecule has 1 atom stereocenters. The number of hydrogen-bond acceptors (Lipinski definition) is 4. The van der Waals surface area contributed by atoms with E-state index in [-0.39, 0.29) is 24.4 Å². The van der Waals surface area contributed by atoms with Crippen molar-refractivity contribution in [2.45, 2.75) is 39.7 Å². The quantitative estimate of drug-likeness (QED) is 0.399. The summed E-state index contributed by atoms with van der Waals surface area (Å²) in [4.78, 5) is 25.8. The van der Waals surface area contributed by atoms with Gasteiger partial charge in [-0.05, 0) is 62.2 Å². The molecule has 158 valence electrons. The number of hydrogen-bond donors (Lipinski definition) is 0. The SMILES string of the molecule is CCC(C)OC(=O)Cc1c(C)n(C(=O)c2ccc(Br)cc2)c2cc(Cl)c(OC)cc12. The highest BCUT2D eigenvalue weighted by Gasteiger charge is 2.24. The predicted molar refractivity (Wildman–Crippen MR) is 122 cm³/mol. The lowest BCUT2D eigenvalue weighted by atomic mass is 10.1. The normalized spacial score (nSPS) is 12.1. The van der Waals surface area contributed by atoms with Crippen LogP contribution in [-0.4, -0.2) is 29.7 Å². The van der Waals surface area contributed by atoms with E-state index in [1.807, 2.05) is 32.9 Å². The van der Waals surface area contributed by atoms with Gasteiger partial charge in [0.25, 0.3) is 5.91 Å². The molecule has 2 aromatic carbocycles. The number of halogens is 2. The fourth-order valence-electron chi connectivity index (χ4n) is 3.34. The van der Waals surface area contributed by atoms with E-state index >= 15 is 0 Å². The van der Waals surface area contributed by atoms with Gasteiger partial charge in [-0.15, -0.1) is 0 Å². The molecular weight excluding hydrogens is 470 g/mol. The van der Waals surface area contributed by atoms with Crippen molar-refractivity contribution in [2.75, 3.05) is 7.11 Å². The number of ether oxygens (including phenoxy) is 2. The van der Waals surface area contributed by atoms with Gasteiger partial charge in [-0.3, -0.25) is 14.2 Å². The summed E-state index contributed by atoms with van der Waals surface area (Å²) in [7, 11) is 1.53. The van der Waals surface area contributed by atoms with Crippen molar-refractivity contribution in [1.82, 2.24) is 4.57 Å². The smallest absolute Gasteiger partial charge is 0.310 e. The molecule has 0 fully saturated rings. The Morgan fingerprint density at radius 3 is 2.47 bits per heavy atom. The molecule has 0 aliphatic rings. The van der Waals surface area contributed by atoms with E-state index in [1.54, 1.807) is 28.8 Å². The van der Waals surface area contributed by atoms with Gasteiger partial charge >= 0.3 is 5.97 Å². The van der Waals surface area contributed by atoms with Crippen molar-refractivity contribution < 1.29 is 19.1 Å². The topological polar surface area (TPSA) is 57.5 Å². The van der Waals surface area contributed by atoms with E-state index < -0.39 is 0 Å². The number of benzene rings is 2. The monoisotopic (exact) mass is 491 g/mol. The standard InChI is InChI=1S/C23H23BrClNO4/c1-5-13(2)30-22(27)11-17-14(3)26(23(28)15-6-8-16(24)9-7-15)20-12-19(25)21(29-4)10-18(17)20/h6-10,12-13H,5,11H2,1-4H3. The largest absolute Gasteiger partial charge is 0.495 e. The second kappa shape index (κ2) is 9.23. The van der Waals surface area contributed by atoms with Crippen LogP contribution < -0.4 is 4.74 Å². The summed E-state index contributed by atoms with van der Waals surface area (Å²) in [6.45, 7) is 5.63. The Kier molecular flexibility index (Phi) is 6.88. The van der Waals surface area contributed by atoms with Gasteiger partial charge in [0.05, 0.1) is 30.2 Å². The number of rotatable bonds is 6. The molecule has 3 aromatic rings. The fraction of sp³-hybridized carbons (Fsp3) is 0.304. The Morgan fingerprint density at radius 2 is 1.87 bits per heavy atom. The Balaban J connectivity index is 2.16. The lowest BCUT2D eigenvalue weighted by molar-refractivity contribution is -0.147. The molecule has 1 unspecified atom stereocenters. The molecule has 0 radical (unpaired) electrons. The first-order chi connectivity index (χ1) is 14.3. The maximum atomic E-state index is 13.3. The zero-order valence-electron chi connectivity index (χ0n) is 17.3. The first-order valence-electron chi connectivity index (χ1n) is 9.64. The van der Waals surface area contributed by atoms with Crippen LogP contribution >= 0.6 is 27.5 Å². The minimum Gasteiger partial charge on any atom is -0.495 e. The van der Waals surface area contributed by atoms with Crippen LogP contribution in [0.5, 0.6) is 5.75 Å². The van der Waals surface area contributed by atoms with Crippen molar-refractivity contribution in [2.24, 2.45) is 0 Å². The summed E-state index contributed by atoms with van der Waals surface area (Å²) in [6.07, 6.45) is 0.621. The van der Waals surface area contributed by atoms with Crippen LogP contribution in [0.2, 0.25) is 5.02 Å². The molecule has 7 heteroatoms. The molecule has 0 saturated carbocycles. The van der Waals surface area contributed by atoms with E-state index in [4.69, 9.17) is 21.1 Å². The van der Waals surface area contributed by atoms with E-state index in [9.17, 15) is 9.59 Å². The maximum absolute atomic E-state index is 13.3. The highest BCUT2D eigenvalue weighted by Crippen LogP contribution is 2.35. The van der Waals surface area contributed by atoms with Gasteiger partial charge in [0.15, 0.2) is 0 Å². The number of aromatic nitrogens is 1. The summed E-state index contributed by atoms with van der Waals surface area (Å²) < 4.78 is 13.3. The third-order valence-corrected chi connectivity index (χ3v) is 5.96. The number of carbonyl (C=O) groups excluding carboxylic acids is 2. The lowest BCUT2D eigenvalue weighted by Crippen LogP contribution is -2.17. The number of esters is 1. The van der Waals surface area contributed by atoms with Crippen molar-refractivity contribution in [3.05, 3.63) is 62.7 Å². The van der Waals surface area contributed by atoms with Crippen LogP contribution in [0.1, 0.15) is 41.9 Å².